The number of nitrogens with zero attached hydrogens (tertiary/aromatic N) is 5. The van der Waals surface area contributed by atoms with E-state index in [-0.39, 0.29) is 5.41 Å². The molecule has 2 aromatic rings. The van der Waals surface area contributed by atoms with Gasteiger partial charge in [-0.1, -0.05) is 24.3 Å². The van der Waals surface area contributed by atoms with Crippen molar-refractivity contribution in [2.45, 2.75) is 57.4 Å². The molecule has 2 aromatic carbocycles. The summed E-state index contributed by atoms with van der Waals surface area (Å²) in [6.07, 6.45) is 3.79. The van der Waals surface area contributed by atoms with Crippen molar-refractivity contribution in [1.29, 1.82) is 10.5 Å². The quantitative estimate of drug-likeness (QED) is 0.480. The van der Waals surface area contributed by atoms with Gasteiger partial charge in [-0.25, -0.2) is 8.42 Å². The lowest BCUT2D eigenvalue weighted by molar-refractivity contribution is 0.153. The van der Waals surface area contributed by atoms with Gasteiger partial charge < -0.3 is 4.90 Å². The van der Waals surface area contributed by atoms with Gasteiger partial charge in [0, 0.05) is 45.0 Å². The molecule has 37 heavy (non-hydrogen) atoms. The van der Waals surface area contributed by atoms with Gasteiger partial charge in [0.25, 0.3) is 0 Å². The van der Waals surface area contributed by atoms with Crippen LogP contribution in [0.15, 0.2) is 47.4 Å². The molecule has 0 amide bonds. The first-order chi connectivity index (χ1) is 17.8. The summed E-state index contributed by atoms with van der Waals surface area (Å²) in [5, 5.41) is 17.9. The highest BCUT2D eigenvalue weighted by Gasteiger charge is 2.43. The fraction of sp³-hybridized carbons (Fsp3) is 0.517. The number of likely N-dealkylation sites (tertiary alicyclic amines) is 1. The molecule has 0 aliphatic carbocycles. The Bertz CT molecular complexity index is 1250. The largest absolute Gasteiger partial charge is 0.369 e. The first-order valence-corrected chi connectivity index (χ1v) is 14.6. The van der Waals surface area contributed by atoms with Crippen molar-refractivity contribution in [1.82, 2.24) is 9.21 Å². The van der Waals surface area contributed by atoms with Crippen molar-refractivity contribution in [3.8, 4) is 12.1 Å². The maximum absolute atomic E-state index is 13.3. The van der Waals surface area contributed by atoms with Crippen molar-refractivity contribution < 1.29 is 8.42 Å². The molecule has 0 atom stereocenters. The van der Waals surface area contributed by atoms with Crippen LogP contribution < -0.4 is 4.90 Å². The Balaban J connectivity index is 1.34. The Kier molecular flexibility index (Phi) is 8.54. The predicted molar refractivity (Wildman–Crippen MR) is 145 cm³/mol. The number of anilines is 1. The first-order valence-electron chi connectivity index (χ1n) is 13.1. The summed E-state index contributed by atoms with van der Waals surface area (Å²) in [7, 11) is -3.47. The summed E-state index contributed by atoms with van der Waals surface area (Å²) < 4.78 is 28.4. The molecule has 0 radical (unpaired) electrons. The van der Waals surface area contributed by atoms with Crippen LogP contribution in [-0.4, -0.2) is 56.9 Å². The van der Waals surface area contributed by atoms with Crippen LogP contribution in [0.3, 0.4) is 0 Å². The second-order valence-corrected chi connectivity index (χ2v) is 12.5. The summed E-state index contributed by atoms with van der Waals surface area (Å²) >= 11 is 0. The smallest absolute Gasteiger partial charge is 0.243 e. The molecule has 2 saturated heterocycles. The third-order valence-electron chi connectivity index (χ3n) is 7.96. The van der Waals surface area contributed by atoms with E-state index in [4.69, 9.17) is 10.5 Å². The summed E-state index contributed by atoms with van der Waals surface area (Å²) in [5.74, 6) is 0. The first kappa shape index (κ1) is 27.1. The van der Waals surface area contributed by atoms with Crippen LogP contribution in [0.2, 0.25) is 0 Å². The highest BCUT2D eigenvalue weighted by molar-refractivity contribution is 7.89. The number of rotatable bonds is 9. The third-order valence-corrected chi connectivity index (χ3v) is 10.00. The Morgan fingerprint density at radius 1 is 0.919 bits per heavy atom. The predicted octanol–water partition coefficient (Wildman–Crippen LogP) is 4.61. The van der Waals surface area contributed by atoms with Gasteiger partial charge in [-0.05, 0) is 80.0 Å². The fourth-order valence-corrected chi connectivity index (χ4v) is 7.46. The second-order valence-electron chi connectivity index (χ2n) is 10.6. The minimum Gasteiger partial charge on any atom is -0.369 e. The Hall–Kier alpha value is -2.91. The van der Waals surface area contributed by atoms with Crippen molar-refractivity contribution in [2.24, 2.45) is 5.41 Å². The average Bonchev–Trinajstić information content (AvgIpc) is 3.27. The minimum absolute atomic E-state index is 0.193. The van der Waals surface area contributed by atoms with Gasteiger partial charge in [-0.15, -0.1) is 0 Å². The molecule has 0 bridgehead atoms. The molecule has 2 fully saturated rings. The van der Waals surface area contributed by atoms with Gasteiger partial charge in [0.05, 0.1) is 29.9 Å². The Morgan fingerprint density at radius 2 is 1.54 bits per heavy atom. The molecule has 7 nitrogen and oxygen atoms in total. The van der Waals surface area contributed by atoms with Crippen LogP contribution in [0.25, 0.3) is 0 Å². The van der Waals surface area contributed by atoms with Crippen LogP contribution in [0.1, 0.15) is 48.8 Å². The molecular weight excluding hydrogens is 482 g/mol. The summed E-state index contributed by atoms with van der Waals surface area (Å²) in [6, 6.07) is 18.5. The van der Waals surface area contributed by atoms with Gasteiger partial charge in [0.2, 0.25) is 10.0 Å². The van der Waals surface area contributed by atoms with Crippen molar-refractivity contribution in [2.75, 3.05) is 44.2 Å². The molecule has 8 heteroatoms. The van der Waals surface area contributed by atoms with Crippen LogP contribution in [0.4, 0.5) is 5.69 Å². The number of nitriles is 2. The van der Waals surface area contributed by atoms with Crippen LogP contribution in [0, 0.1) is 41.9 Å². The molecular formula is C29H37N5O2S. The van der Waals surface area contributed by atoms with Gasteiger partial charge >= 0.3 is 0 Å². The summed E-state index contributed by atoms with van der Waals surface area (Å²) in [5.41, 5.74) is 4.26. The molecule has 0 unspecified atom stereocenters. The lowest BCUT2D eigenvalue weighted by Crippen LogP contribution is -2.44. The van der Waals surface area contributed by atoms with Crippen molar-refractivity contribution >= 4 is 15.7 Å². The van der Waals surface area contributed by atoms with Crippen LogP contribution in [-0.2, 0) is 16.6 Å². The number of sulfonamides is 1. The van der Waals surface area contributed by atoms with E-state index in [1.165, 1.54) is 5.56 Å². The maximum atomic E-state index is 13.3. The normalized spacial score (nSPS) is 17.9. The van der Waals surface area contributed by atoms with Gasteiger partial charge in [-0.3, -0.25) is 4.90 Å². The van der Waals surface area contributed by atoms with E-state index in [0.717, 1.165) is 55.7 Å². The van der Waals surface area contributed by atoms with E-state index in [9.17, 15) is 8.42 Å². The van der Waals surface area contributed by atoms with Gasteiger partial charge in [0.15, 0.2) is 0 Å². The average molecular weight is 520 g/mol. The van der Waals surface area contributed by atoms with E-state index in [1.54, 1.807) is 10.4 Å². The zero-order valence-corrected chi connectivity index (χ0v) is 22.8. The van der Waals surface area contributed by atoms with E-state index in [1.807, 2.05) is 26.0 Å². The molecule has 2 aliphatic rings. The highest BCUT2D eigenvalue weighted by atomic mass is 32.2. The number of hydrogen-bond acceptors (Lipinski definition) is 6. The molecule has 1 spiro atoms. The Morgan fingerprint density at radius 3 is 2.16 bits per heavy atom. The van der Waals surface area contributed by atoms with Gasteiger partial charge in [-0.2, -0.15) is 14.8 Å². The SMILES string of the molecule is Cc1ccc(C)c(S(=O)(=O)N2CCC3(CCN(Cc4ccc(N(CCC#N)CCC#N)cc4)C3)CC2)c1. The Labute approximate surface area is 222 Å². The van der Waals surface area contributed by atoms with Gasteiger partial charge in [0.1, 0.15) is 0 Å². The molecule has 0 aromatic heterocycles. The third kappa shape index (κ3) is 6.33. The molecule has 4 rings (SSSR count). The fourth-order valence-electron chi connectivity index (χ4n) is 5.71. The molecule has 0 saturated carbocycles. The second kappa shape index (κ2) is 11.6. The van der Waals surface area contributed by atoms with E-state index in [2.05, 4.69) is 46.2 Å². The summed E-state index contributed by atoms with van der Waals surface area (Å²) in [4.78, 5) is 5.03. The molecule has 196 valence electrons. The van der Waals surface area contributed by atoms with Crippen molar-refractivity contribution in [3.05, 3.63) is 59.2 Å². The van der Waals surface area contributed by atoms with E-state index < -0.39 is 10.0 Å². The lowest BCUT2D eigenvalue weighted by atomic mass is 9.78. The minimum atomic E-state index is -3.47. The standard InChI is InChI=1S/C29H37N5O2S/c1-24-5-6-25(2)28(21-24)37(35,36)34-19-12-29(13-20-34)11-18-32(23-29)22-26-7-9-27(10-8-26)33(16-3-14-30)17-4-15-31/h5-10,21H,3-4,11-13,16-20,22-23H2,1-2H3. The number of benzene rings is 2. The zero-order valence-electron chi connectivity index (χ0n) is 22.0. The number of hydrogen-bond donors (Lipinski definition) is 0. The lowest BCUT2D eigenvalue weighted by Gasteiger charge is -2.39. The molecule has 2 aliphatic heterocycles. The highest BCUT2D eigenvalue weighted by Crippen LogP contribution is 2.42. The molecule has 0 N–H and O–H groups in total. The topological polar surface area (TPSA) is 91.4 Å². The van der Waals surface area contributed by atoms with Crippen LogP contribution in [0.5, 0.6) is 0 Å². The monoisotopic (exact) mass is 519 g/mol. The van der Waals surface area contributed by atoms with E-state index in [0.29, 0.717) is 43.9 Å². The maximum Gasteiger partial charge on any atom is 0.243 e. The zero-order chi connectivity index (χ0) is 26.5. The van der Waals surface area contributed by atoms with Crippen molar-refractivity contribution in [3.63, 3.8) is 0 Å². The number of piperidine rings is 1. The van der Waals surface area contributed by atoms with E-state index >= 15 is 0 Å². The summed E-state index contributed by atoms with van der Waals surface area (Å²) in [6.45, 7) is 9.14. The number of aryl methyl sites for hydroxylation is 2. The van der Waals surface area contributed by atoms with Crippen LogP contribution >= 0.6 is 0 Å². The molecule has 2 heterocycles.